The number of benzene rings is 4. The summed E-state index contributed by atoms with van der Waals surface area (Å²) in [6.45, 7) is 1.86. The molecule has 4 aromatic carbocycles. The maximum atomic E-state index is 9.14. The molecule has 0 fully saturated rings. The maximum Gasteiger partial charge on any atom is 1.00 e. The zero-order valence-electron chi connectivity index (χ0n) is 33.5. The van der Waals surface area contributed by atoms with Crippen molar-refractivity contribution in [3.8, 4) is 46.0 Å². The van der Waals surface area contributed by atoms with Crippen LogP contribution in [-0.4, -0.2) is 71.1 Å². The average Bonchev–Trinajstić information content (AvgIpc) is 3.14. The second-order valence-corrected chi connectivity index (χ2v) is 14.6. The summed E-state index contributed by atoms with van der Waals surface area (Å²) in [6.07, 6.45) is 3.37. The number of carboxylic acid groups (broad SMARTS) is 1. The number of ether oxygens (including phenoxy) is 6. The fourth-order valence-corrected chi connectivity index (χ4v) is 7.28. The van der Waals surface area contributed by atoms with Gasteiger partial charge in [0.15, 0.2) is 34.5 Å². The fraction of sp³-hybridized carbons (Fsp3) is 0.359. The third kappa shape index (κ3) is 10.7. The van der Waals surface area contributed by atoms with E-state index in [1.54, 1.807) is 28.4 Å². The molecule has 2 unspecified atom stereocenters. The molecule has 4 heterocycles. The molecule has 6 bridgehead atoms. The quantitative estimate of drug-likeness (QED) is 0.140. The van der Waals surface area contributed by atoms with Crippen molar-refractivity contribution in [3.63, 3.8) is 0 Å². The molecule has 4 aromatic rings. The minimum atomic E-state index is -5.43. The van der Waals surface area contributed by atoms with Gasteiger partial charge in [0, 0.05) is 30.7 Å². The fourth-order valence-electron chi connectivity index (χ4n) is 7.28. The van der Waals surface area contributed by atoms with Crippen LogP contribution in [0.3, 0.4) is 0 Å². The Morgan fingerprint density at radius 3 is 1.82 bits per heavy atom. The molecule has 4 aliphatic heterocycles. The Morgan fingerprint density at radius 2 is 1.23 bits per heavy atom. The van der Waals surface area contributed by atoms with E-state index in [1.165, 1.54) is 22.3 Å². The molecule has 17 heteroatoms. The van der Waals surface area contributed by atoms with Crippen LogP contribution in [0, 0.1) is 0 Å². The smallest absolute Gasteiger partial charge is 0.807 e. The Morgan fingerprint density at radius 1 is 0.696 bits per heavy atom. The Hall–Kier alpha value is -1.78. The summed E-state index contributed by atoms with van der Waals surface area (Å²) in [4.78, 5) is 32.1. The van der Waals surface area contributed by atoms with Crippen molar-refractivity contribution < 1.29 is 141 Å². The molecule has 0 N–H and O–H groups in total. The molecule has 56 heavy (non-hydrogen) atoms. The van der Waals surface area contributed by atoms with E-state index >= 15 is 0 Å². The molecule has 0 radical (unpaired) electrons. The summed E-state index contributed by atoms with van der Waals surface area (Å²) in [6, 6.07) is 21.2. The van der Waals surface area contributed by atoms with Gasteiger partial charge in [0.2, 0.25) is 5.75 Å². The number of nitrogens with zero attached hydrogens (tertiary/aromatic N) is 2. The van der Waals surface area contributed by atoms with Gasteiger partial charge in [-0.05, 0) is 118 Å². The largest absolute Gasteiger partial charge is 1.00 e. The zero-order chi connectivity index (χ0) is 38.0. The van der Waals surface area contributed by atoms with E-state index in [-0.39, 0.29) is 101 Å². The van der Waals surface area contributed by atoms with Crippen molar-refractivity contribution in [2.75, 3.05) is 55.6 Å². The Bertz CT molecular complexity index is 2050. The summed E-state index contributed by atoms with van der Waals surface area (Å²) in [5.74, 6) is 5.41. The number of fused-ring (bicyclic) bond motifs is 2. The summed E-state index contributed by atoms with van der Waals surface area (Å²) in [5, 5.41) is 9.02. The number of carbonyl (C=O) groups is 1. The third-order valence-electron chi connectivity index (χ3n) is 10.1. The van der Waals surface area contributed by atoms with E-state index in [0.29, 0.717) is 40.2 Å². The van der Waals surface area contributed by atoms with Gasteiger partial charge >= 0.3 is 88.7 Å². The second-order valence-electron chi connectivity index (χ2n) is 13.2. The van der Waals surface area contributed by atoms with Gasteiger partial charge in [0.25, 0.3) is 0 Å². The minimum absolute atomic E-state index is 0. The van der Waals surface area contributed by atoms with Crippen LogP contribution in [-0.2, 0) is 30.2 Å². The van der Waals surface area contributed by atoms with E-state index < -0.39 is 13.3 Å². The van der Waals surface area contributed by atoms with Gasteiger partial charge < -0.3 is 52.7 Å². The normalized spacial score (nSPS) is 17.1. The Labute approximate surface area is 394 Å². The van der Waals surface area contributed by atoms with Crippen LogP contribution >= 0.6 is 7.60 Å². The van der Waals surface area contributed by atoms with Crippen LogP contribution in [0.1, 0.15) is 45.5 Å². The van der Waals surface area contributed by atoms with E-state index in [1.807, 2.05) is 18.2 Å². The predicted octanol–water partition coefficient (Wildman–Crippen LogP) is -4.58. The van der Waals surface area contributed by atoms with Crippen molar-refractivity contribution >= 4 is 13.3 Å². The van der Waals surface area contributed by atoms with E-state index in [2.05, 4.69) is 66.4 Å². The van der Waals surface area contributed by atoms with Gasteiger partial charge in [-0.2, -0.15) is 0 Å². The number of hydrogen-bond donors (Lipinski definition) is 0. The molecule has 13 nitrogen and oxygen atoms in total. The predicted molar refractivity (Wildman–Crippen MR) is 191 cm³/mol. The molecular formula is C39H42N2Na3O11P. The number of carbonyl (C=O) groups excluding carboxylic acids is 1. The van der Waals surface area contributed by atoms with Crippen molar-refractivity contribution in [1.29, 1.82) is 0 Å². The van der Waals surface area contributed by atoms with Gasteiger partial charge in [-0.25, -0.2) is 0 Å². The first-order chi connectivity index (χ1) is 25.3. The molecule has 2 atom stereocenters. The van der Waals surface area contributed by atoms with Crippen LogP contribution < -0.4 is 132 Å². The van der Waals surface area contributed by atoms with Crippen molar-refractivity contribution in [2.45, 2.75) is 37.8 Å². The van der Waals surface area contributed by atoms with Crippen LogP contribution in [0.25, 0.3) is 0 Å². The van der Waals surface area contributed by atoms with Gasteiger partial charge in [0.05, 0.1) is 34.1 Å². The van der Waals surface area contributed by atoms with Gasteiger partial charge in [-0.1, -0.05) is 18.2 Å². The summed E-state index contributed by atoms with van der Waals surface area (Å²) in [7, 11) is 5.67. The van der Waals surface area contributed by atoms with Crippen molar-refractivity contribution in [3.05, 3.63) is 94.0 Å². The molecule has 0 saturated heterocycles. The third-order valence-corrected chi connectivity index (χ3v) is 10.5. The monoisotopic (exact) mass is 814 g/mol. The standard InChI is InChI=1S/C38H42N2O6.CH3O5P.3Na/c1-39-15-13-25-20-32(42-4)34-22-28(25)29(39)17-23-7-10-27(11-8-23)45-33-19-24(9-12-31(33)41-3)18-30-36-26(14-16-40(30)2)21-35(43-5)37(44-6)38(36)46-34;2-1(3)7(4,5)6;;;/h7-12,19-22,29-30H,13-18H2,1-6H3;(H,2,3)(H2,4,5,6);;;/q;;3*+1/p-3. The van der Waals surface area contributed by atoms with E-state index in [4.69, 9.17) is 52.7 Å². The number of hydrogen-bond acceptors (Lipinski definition) is 13. The molecule has 282 valence electrons. The summed E-state index contributed by atoms with van der Waals surface area (Å²) < 4.78 is 46.2. The van der Waals surface area contributed by atoms with Crippen LogP contribution in [0.15, 0.2) is 60.7 Å². The molecule has 0 amide bonds. The zero-order valence-corrected chi connectivity index (χ0v) is 40.4. The Balaban J connectivity index is 0.000000772. The molecule has 0 aromatic heterocycles. The minimum Gasteiger partial charge on any atom is -0.807 e. The maximum absolute atomic E-state index is 9.14. The summed E-state index contributed by atoms with van der Waals surface area (Å²) in [5.41, 5.74) is 4.59. The molecule has 0 saturated carbocycles. The topological polar surface area (TPSA) is 165 Å². The van der Waals surface area contributed by atoms with Crippen molar-refractivity contribution in [1.82, 2.24) is 9.80 Å². The number of methoxy groups -OCH3 is 4. The van der Waals surface area contributed by atoms with Crippen LogP contribution in [0.2, 0.25) is 0 Å². The van der Waals surface area contributed by atoms with Gasteiger partial charge in [-0.3, -0.25) is 9.80 Å². The molecule has 0 aliphatic carbocycles. The second kappa shape index (κ2) is 21.0. The number of likely N-dealkylation sites (N-methyl/N-ethyl adjacent to an activating group) is 2. The number of rotatable bonds is 5. The molecule has 4 aliphatic rings. The van der Waals surface area contributed by atoms with Gasteiger partial charge in [-0.15, -0.1) is 0 Å². The van der Waals surface area contributed by atoms with E-state index in [9.17, 15) is 0 Å². The first-order valence-electron chi connectivity index (χ1n) is 17.1. The SMILES string of the molecule is COc1ccc2cc1Oc1ccc(cc1)CC1c3cc(c(OC)cc3CCN1C)Oc1c(OC)c(OC)cc3c1C(C2)N(C)CC3.O=C([O-])P(=O)([O-])[O-].[Na+].[Na+].[Na+]. The van der Waals surface area contributed by atoms with Gasteiger partial charge in [0.1, 0.15) is 5.75 Å². The van der Waals surface area contributed by atoms with E-state index in [0.717, 1.165) is 55.6 Å². The molecule has 8 rings (SSSR count). The molecular weight excluding hydrogens is 772 g/mol. The van der Waals surface area contributed by atoms with Crippen molar-refractivity contribution in [2.24, 2.45) is 0 Å². The van der Waals surface area contributed by atoms with Crippen LogP contribution in [0.4, 0.5) is 4.79 Å². The summed E-state index contributed by atoms with van der Waals surface area (Å²) >= 11 is 0. The molecule has 0 spiro atoms. The van der Waals surface area contributed by atoms with Crippen LogP contribution in [0.5, 0.6) is 46.0 Å². The average molecular weight is 815 g/mol. The first-order valence-corrected chi connectivity index (χ1v) is 18.6. The first kappa shape index (κ1) is 48.6. The Kier molecular flexibility index (Phi) is 18.2.